The first kappa shape index (κ1) is 20.3. The first-order valence-corrected chi connectivity index (χ1v) is 13.0. The van der Waals surface area contributed by atoms with Gasteiger partial charge >= 0.3 is 6.03 Å². The predicted octanol–water partition coefficient (Wildman–Crippen LogP) is 1.89. The molecular formula is C22H32N4O3S. The smallest absolute Gasteiger partial charge is 0.307 e. The Morgan fingerprint density at radius 2 is 1.73 bits per heavy atom. The van der Waals surface area contributed by atoms with Crippen molar-refractivity contribution in [2.75, 3.05) is 37.8 Å². The Morgan fingerprint density at radius 3 is 2.43 bits per heavy atom. The first-order chi connectivity index (χ1) is 14.4. The van der Waals surface area contributed by atoms with E-state index in [9.17, 15) is 13.2 Å². The summed E-state index contributed by atoms with van der Waals surface area (Å²) in [5, 5.41) is 2.94. The number of piperazine rings is 1. The normalized spacial score (nSPS) is 26.3. The summed E-state index contributed by atoms with van der Waals surface area (Å²) in [6.45, 7) is 2.91. The highest BCUT2D eigenvalue weighted by Crippen LogP contribution is 2.38. The van der Waals surface area contributed by atoms with Gasteiger partial charge in [0.25, 0.3) is 0 Å². The number of likely N-dealkylation sites (N-methyl/N-ethyl adjacent to an activating group) is 1. The van der Waals surface area contributed by atoms with Crippen LogP contribution in [0.2, 0.25) is 0 Å². The van der Waals surface area contributed by atoms with Crippen LogP contribution in [0.5, 0.6) is 0 Å². The van der Waals surface area contributed by atoms with Crippen molar-refractivity contribution in [3.63, 3.8) is 0 Å². The molecule has 0 spiro atoms. The van der Waals surface area contributed by atoms with Crippen LogP contribution in [0.3, 0.4) is 0 Å². The van der Waals surface area contributed by atoms with Gasteiger partial charge in [-0.25, -0.2) is 17.9 Å². The lowest BCUT2D eigenvalue weighted by atomic mass is 9.99. The standard InChI is InChI=1S/C22H32N4O3S/c1-25-11-12-26-10-4-9-19(26)20(25)14-30(28,29)24-22(27)23-21-17-7-2-5-15(17)13-16-6-3-8-18(16)21/h13,19-20H,2-12,14H2,1H3,(H2,23,24,27)/t19-,20-/m1/s1. The Labute approximate surface area is 179 Å². The monoisotopic (exact) mass is 432 g/mol. The number of nitrogens with one attached hydrogen (secondary N) is 2. The second-order valence-corrected chi connectivity index (χ2v) is 11.1. The molecule has 0 aromatic heterocycles. The second-order valence-electron chi connectivity index (χ2n) is 9.37. The molecule has 0 saturated carbocycles. The molecule has 164 valence electrons. The largest absolute Gasteiger partial charge is 0.332 e. The second kappa shape index (κ2) is 7.80. The third-order valence-corrected chi connectivity index (χ3v) is 8.79. The molecule has 2 saturated heterocycles. The van der Waals surface area contributed by atoms with E-state index in [1.165, 1.54) is 22.3 Å². The van der Waals surface area contributed by atoms with E-state index < -0.39 is 16.1 Å². The zero-order valence-corrected chi connectivity index (χ0v) is 18.6. The summed E-state index contributed by atoms with van der Waals surface area (Å²) in [6.07, 6.45) is 8.33. The molecule has 5 rings (SSSR count). The number of nitrogens with zero attached hydrogens (tertiary/aromatic N) is 2. The third-order valence-electron chi connectivity index (χ3n) is 7.51. The minimum atomic E-state index is -3.73. The minimum absolute atomic E-state index is 0.0386. The van der Waals surface area contributed by atoms with Gasteiger partial charge in [0.2, 0.25) is 10.0 Å². The van der Waals surface area contributed by atoms with Gasteiger partial charge < -0.3 is 5.32 Å². The lowest BCUT2D eigenvalue weighted by molar-refractivity contribution is 0.0734. The zero-order chi connectivity index (χ0) is 20.9. The van der Waals surface area contributed by atoms with Crippen LogP contribution in [0, 0.1) is 0 Å². The molecule has 2 aliphatic heterocycles. The molecule has 0 bridgehead atoms. The van der Waals surface area contributed by atoms with Crippen LogP contribution in [0.1, 0.15) is 47.9 Å². The van der Waals surface area contributed by atoms with Crippen molar-refractivity contribution < 1.29 is 13.2 Å². The summed E-state index contributed by atoms with van der Waals surface area (Å²) < 4.78 is 28.1. The lowest BCUT2D eigenvalue weighted by Crippen LogP contribution is -2.59. The summed E-state index contributed by atoms with van der Waals surface area (Å²) in [5.74, 6) is -0.0386. The van der Waals surface area contributed by atoms with E-state index in [4.69, 9.17) is 0 Å². The highest BCUT2D eigenvalue weighted by Gasteiger charge is 2.40. The molecule has 2 heterocycles. The average molecular weight is 433 g/mol. The van der Waals surface area contributed by atoms with Gasteiger partial charge in [0.05, 0.1) is 5.75 Å². The van der Waals surface area contributed by atoms with Crippen LogP contribution in [-0.2, 0) is 35.7 Å². The quantitative estimate of drug-likeness (QED) is 0.759. The Hall–Kier alpha value is -1.64. The number of sulfonamides is 1. The molecule has 2 aliphatic carbocycles. The van der Waals surface area contributed by atoms with E-state index in [1.807, 2.05) is 7.05 Å². The van der Waals surface area contributed by atoms with Gasteiger partial charge in [-0.15, -0.1) is 0 Å². The Kier molecular flexibility index (Phi) is 5.27. The average Bonchev–Trinajstić information content (AvgIpc) is 3.42. The molecule has 8 heteroatoms. The molecule has 1 aromatic carbocycles. The molecule has 4 aliphatic rings. The van der Waals surface area contributed by atoms with E-state index >= 15 is 0 Å². The van der Waals surface area contributed by atoms with Crippen molar-refractivity contribution in [3.8, 4) is 0 Å². The fourth-order valence-corrected chi connectivity index (χ4v) is 7.41. The number of carbonyl (C=O) groups is 1. The summed E-state index contributed by atoms with van der Waals surface area (Å²) in [5.41, 5.74) is 5.92. The van der Waals surface area contributed by atoms with Gasteiger partial charge in [0.1, 0.15) is 0 Å². The topological polar surface area (TPSA) is 81.8 Å². The molecular weight excluding hydrogens is 400 g/mol. The van der Waals surface area contributed by atoms with E-state index in [0.717, 1.165) is 76.7 Å². The molecule has 7 nitrogen and oxygen atoms in total. The van der Waals surface area contributed by atoms with Crippen molar-refractivity contribution in [1.29, 1.82) is 0 Å². The summed E-state index contributed by atoms with van der Waals surface area (Å²) >= 11 is 0. The highest BCUT2D eigenvalue weighted by molar-refractivity contribution is 7.90. The van der Waals surface area contributed by atoms with E-state index in [2.05, 4.69) is 25.9 Å². The van der Waals surface area contributed by atoms with E-state index in [0.29, 0.717) is 0 Å². The van der Waals surface area contributed by atoms with Gasteiger partial charge in [-0.3, -0.25) is 9.80 Å². The van der Waals surface area contributed by atoms with Crippen LogP contribution < -0.4 is 10.0 Å². The fourth-order valence-electron chi connectivity index (χ4n) is 6.06. The lowest BCUT2D eigenvalue weighted by Gasteiger charge is -2.42. The Balaban J connectivity index is 1.30. The van der Waals surface area contributed by atoms with Crippen molar-refractivity contribution in [2.24, 2.45) is 0 Å². The number of hydrogen-bond acceptors (Lipinski definition) is 5. The molecule has 2 atom stereocenters. The maximum absolute atomic E-state index is 12.9. The molecule has 30 heavy (non-hydrogen) atoms. The third kappa shape index (κ3) is 3.74. The van der Waals surface area contributed by atoms with Crippen LogP contribution in [-0.4, -0.2) is 68.8 Å². The number of aryl methyl sites for hydroxylation is 2. The van der Waals surface area contributed by atoms with Gasteiger partial charge in [0, 0.05) is 30.9 Å². The minimum Gasteiger partial charge on any atom is -0.307 e. The van der Waals surface area contributed by atoms with Crippen LogP contribution in [0.15, 0.2) is 6.07 Å². The van der Waals surface area contributed by atoms with Crippen LogP contribution in [0.25, 0.3) is 0 Å². The number of fused-ring (bicyclic) bond motifs is 3. The number of hydrogen-bond donors (Lipinski definition) is 2. The van der Waals surface area contributed by atoms with Gasteiger partial charge in [0.15, 0.2) is 0 Å². The predicted molar refractivity (Wildman–Crippen MR) is 117 cm³/mol. The first-order valence-electron chi connectivity index (χ1n) is 11.3. The van der Waals surface area contributed by atoms with Crippen molar-refractivity contribution in [3.05, 3.63) is 28.3 Å². The Morgan fingerprint density at radius 1 is 1.03 bits per heavy atom. The molecule has 0 radical (unpaired) electrons. The van der Waals surface area contributed by atoms with Gasteiger partial charge in [-0.05, 0) is 87.2 Å². The SMILES string of the molecule is CN1CCN2CCC[C@@H]2[C@H]1CS(=O)(=O)NC(=O)Nc1c2c(cc3c1CCC3)CCC2. The van der Waals surface area contributed by atoms with Crippen LogP contribution in [0.4, 0.5) is 10.5 Å². The van der Waals surface area contributed by atoms with Gasteiger partial charge in [-0.2, -0.15) is 0 Å². The molecule has 2 N–H and O–H groups in total. The summed E-state index contributed by atoms with van der Waals surface area (Å²) in [6, 6.07) is 1.88. The molecule has 0 unspecified atom stereocenters. The number of benzene rings is 1. The Bertz CT molecular complexity index is 929. The van der Waals surface area contributed by atoms with Gasteiger partial charge in [-0.1, -0.05) is 6.07 Å². The van der Waals surface area contributed by atoms with E-state index in [1.54, 1.807) is 0 Å². The maximum atomic E-state index is 12.9. The summed E-state index contributed by atoms with van der Waals surface area (Å²) in [7, 11) is -1.74. The molecule has 1 aromatic rings. The number of anilines is 1. The number of urea groups is 1. The zero-order valence-electron chi connectivity index (χ0n) is 17.7. The van der Waals surface area contributed by atoms with Crippen molar-refractivity contribution in [2.45, 2.75) is 63.5 Å². The number of carbonyl (C=O) groups excluding carboxylic acids is 1. The molecule has 2 fully saturated rings. The van der Waals surface area contributed by atoms with Crippen molar-refractivity contribution >= 4 is 21.7 Å². The number of rotatable bonds is 4. The molecule has 2 amide bonds. The highest BCUT2D eigenvalue weighted by atomic mass is 32.2. The summed E-state index contributed by atoms with van der Waals surface area (Å²) in [4.78, 5) is 17.3. The van der Waals surface area contributed by atoms with Crippen molar-refractivity contribution in [1.82, 2.24) is 14.5 Å². The van der Waals surface area contributed by atoms with E-state index in [-0.39, 0.29) is 17.8 Å². The van der Waals surface area contributed by atoms with Crippen LogP contribution >= 0.6 is 0 Å². The fraction of sp³-hybridized carbons (Fsp3) is 0.682. The maximum Gasteiger partial charge on any atom is 0.332 e. The number of amides is 2.